The average Bonchev–Trinajstić information content (AvgIpc) is 3.30. The van der Waals surface area contributed by atoms with Crippen LogP contribution in [-0.4, -0.2) is 40.4 Å². The van der Waals surface area contributed by atoms with Gasteiger partial charge in [-0.1, -0.05) is 28.9 Å². The molecule has 0 spiro atoms. The molecule has 1 aliphatic heterocycles. The first kappa shape index (κ1) is 19.3. The van der Waals surface area contributed by atoms with E-state index in [0.717, 1.165) is 23.2 Å². The van der Waals surface area contributed by atoms with Gasteiger partial charge in [0.05, 0.1) is 11.1 Å². The van der Waals surface area contributed by atoms with Crippen molar-refractivity contribution in [1.82, 2.24) is 10.1 Å². The minimum atomic E-state index is -0.855. The largest absolute Gasteiger partial charge is 0.489 e. The lowest BCUT2D eigenvalue weighted by Crippen LogP contribution is -2.27. The smallest absolute Gasteiger partial charge is 0.323 e. The summed E-state index contributed by atoms with van der Waals surface area (Å²) in [6.45, 7) is 4.49. The quantitative estimate of drug-likeness (QED) is 0.644. The zero-order valence-electron chi connectivity index (χ0n) is 16.1. The normalized spacial score (nSPS) is 13.0. The molecule has 0 aliphatic carbocycles. The molecule has 0 fully saturated rings. The molecule has 4 rings (SSSR count). The molecule has 0 saturated carbocycles. The molecule has 3 aromatic rings. The van der Waals surface area contributed by atoms with Crippen molar-refractivity contribution < 1.29 is 19.2 Å². The van der Waals surface area contributed by atoms with Crippen molar-refractivity contribution in [3.05, 3.63) is 47.0 Å². The number of anilines is 1. The molecule has 0 bridgehead atoms. The highest BCUT2D eigenvalue weighted by Crippen LogP contribution is 2.36. The average molecular weight is 414 g/mol. The molecule has 150 valence electrons. The Balaban J connectivity index is 1.63. The molecule has 1 N–H and O–H groups in total. The zero-order valence-corrected chi connectivity index (χ0v) is 16.8. The van der Waals surface area contributed by atoms with E-state index in [1.165, 1.54) is 0 Å². The topological polar surface area (TPSA) is 88.7 Å². The number of carboxylic acid groups (broad SMARTS) is 1. The third kappa shape index (κ3) is 3.91. The van der Waals surface area contributed by atoms with Gasteiger partial charge in [0, 0.05) is 23.4 Å². The second kappa shape index (κ2) is 7.75. The monoisotopic (exact) mass is 413 g/mol. The van der Waals surface area contributed by atoms with E-state index >= 15 is 0 Å². The van der Waals surface area contributed by atoms with Crippen LogP contribution in [-0.2, 0) is 11.2 Å². The first-order valence-corrected chi connectivity index (χ1v) is 9.69. The lowest BCUT2D eigenvalue weighted by atomic mass is 10.0. The van der Waals surface area contributed by atoms with Crippen molar-refractivity contribution in [3.8, 4) is 28.6 Å². The molecule has 2 heterocycles. The van der Waals surface area contributed by atoms with Gasteiger partial charge in [0.25, 0.3) is 5.89 Å². The second-order valence-electron chi connectivity index (χ2n) is 7.10. The summed E-state index contributed by atoms with van der Waals surface area (Å²) in [6.07, 6.45) is 0.754. The first-order chi connectivity index (χ1) is 13.9. The third-order valence-corrected chi connectivity index (χ3v) is 4.95. The van der Waals surface area contributed by atoms with Gasteiger partial charge in [0.1, 0.15) is 12.3 Å². The number of aliphatic carboxylic acids is 1. The molecule has 1 aromatic heterocycles. The van der Waals surface area contributed by atoms with Crippen molar-refractivity contribution in [2.24, 2.45) is 0 Å². The van der Waals surface area contributed by atoms with E-state index in [-0.39, 0.29) is 12.6 Å². The van der Waals surface area contributed by atoms with Crippen molar-refractivity contribution >= 4 is 23.3 Å². The number of hydrogen-bond acceptors (Lipinski definition) is 6. The van der Waals surface area contributed by atoms with Gasteiger partial charge < -0.3 is 19.3 Å². The van der Waals surface area contributed by atoms with Crippen LogP contribution in [0.1, 0.15) is 19.4 Å². The van der Waals surface area contributed by atoms with Crippen molar-refractivity contribution in [3.63, 3.8) is 0 Å². The van der Waals surface area contributed by atoms with E-state index in [9.17, 15) is 4.79 Å². The van der Waals surface area contributed by atoms with Gasteiger partial charge in [-0.25, -0.2) is 0 Å². The number of halogens is 1. The molecule has 0 radical (unpaired) electrons. The van der Waals surface area contributed by atoms with Gasteiger partial charge in [0.15, 0.2) is 0 Å². The van der Waals surface area contributed by atoms with Crippen LogP contribution in [0.3, 0.4) is 0 Å². The number of nitrogens with zero attached hydrogens (tertiary/aromatic N) is 3. The fraction of sp³-hybridized carbons (Fsp3) is 0.286. The molecule has 2 aromatic carbocycles. The molecule has 0 saturated heterocycles. The Labute approximate surface area is 172 Å². The number of fused-ring (bicyclic) bond motifs is 1. The highest BCUT2D eigenvalue weighted by Gasteiger charge is 2.25. The van der Waals surface area contributed by atoms with Crippen LogP contribution in [0.2, 0.25) is 5.02 Å². The van der Waals surface area contributed by atoms with Gasteiger partial charge in [-0.15, -0.1) is 0 Å². The molecule has 1 aliphatic rings. The summed E-state index contributed by atoms with van der Waals surface area (Å²) < 4.78 is 11.1. The van der Waals surface area contributed by atoms with Crippen LogP contribution in [0.25, 0.3) is 22.8 Å². The Hall–Kier alpha value is -3.06. The summed E-state index contributed by atoms with van der Waals surface area (Å²) in [5.41, 5.74) is 3.47. The number of ether oxygens (including phenoxy) is 1. The number of rotatable bonds is 6. The van der Waals surface area contributed by atoms with Crippen LogP contribution in [0.5, 0.6) is 5.75 Å². The van der Waals surface area contributed by atoms with Crippen molar-refractivity contribution in [2.45, 2.75) is 26.4 Å². The van der Waals surface area contributed by atoms with E-state index in [0.29, 0.717) is 34.6 Å². The Bertz CT molecular complexity index is 1060. The van der Waals surface area contributed by atoms with Crippen molar-refractivity contribution in [1.29, 1.82) is 0 Å². The number of hydrogen-bond donors (Lipinski definition) is 1. The highest BCUT2D eigenvalue weighted by molar-refractivity contribution is 6.32. The van der Waals surface area contributed by atoms with Crippen LogP contribution in [0.4, 0.5) is 5.69 Å². The number of carboxylic acids is 1. The third-order valence-electron chi connectivity index (χ3n) is 4.66. The first-order valence-electron chi connectivity index (χ1n) is 9.31. The molecular formula is C21H20ClN3O4. The second-order valence-corrected chi connectivity index (χ2v) is 7.51. The predicted octanol–water partition coefficient (Wildman–Crippen LogP) is 4.29. The number of aromatic nitrogens is 2. The maximum absolute atomic E-state index is 11.1. The molecular weight excluding hydrogens is 394 g/mol. The number of benzene rings is 2. The van der Waals surface area contributed by atoms with Gasteiger partial charge in [-0.05, 0) is 50.1 Å². The minimum Gasteiger partial charge on any atom is -0.489 e. The summed E-state index contributed by atoms with van der Waals surface area (Å²) >= 11 is 6.31. The Morgan fingerprint density at radius 2 is 2.17 bits per heavy atom. The lowest BCUT2D eigenvalue weighted by Gasteiger charge is -2.16. The van der Waals surface area contributed by atoms with Crippen molar-refractivity contribution in [2.75, 3.05) is 18.0 Å². The standard InChI is InChI=1S/C21H20ClN3O4/c1-12(2)28-18-7-6-13(10-16(18)22)21-23-20(24-29-21)15-4-3-5-17-14(15)8-9-25(17)11-19(26)27/h3-7,10,12H,8-9,11H2,1-2H3,(H,26,27). The summed E-state index contributed by atoms with van der Waals surface area (Å²) in [6, 6.07) is 11.1. The molecule has 7 nitrogen and oxygen atoms in total. The van der Waals surface area contributed by atoms with E-state index in [1.54, 1.807) is 12.1 Å². The Kier molecular flexibility index (Phi) is 5.15. The summed E-state index contributed by atoms with van der Waals surface area (Å²) in [5.74, 6) is 0.570. The van der Waals surface area contributed by atoms with E-state index in [2.05, 4.69) is 10.1 Å². The maximum Gasteiger partial charge on any atom is 0.323 e. The van der Waals surface area contributed by atoms with E-state index in [4.69, 9.17) is 26.0 Å². The fourth-order valence-corrected chi connectivity index (χ4v) is 3.70. The van der Waals surface area contributed by atoms with Crippen LogP contribution in [0.15, 0.2) is 40.9 Å². The minimum absolute atomic E-state index is 0.0224. The zero-order chi connectivity index (χ0) is 20.5. The van der Waals surface area contributed by atoms with Crippen LogP contribution >= 0.6 is 11.6 Å². The molecule has 29 heavy (non-hydrogen) atoms. The van der Waals surface area contributed by atoms with Crippen LogP contribution in [0, 0.1) is 0 Å². The summed E-state index contributed by atoms with van der Waals surface area (Å²) in [5, 5.41) is 13.7. The molecule has 0 amide bonds. The van der Waals surface area contributed by atoms with Gasteiger partial charge in [-0.3, -0.25) is 4.79 Å². The maximum atomic E-state index is 11.1. The summed E-state index contributed by atoms with van der Waals surface area (Å²) in [4.78, 5) is 17.5. The van der Waals surface area contributed by atoms with Crippen LogP contribution < -0.4 is 9.64 Å². The van der Waals surface area contributed by atoms with Gasteiger partial charge in [-0.2, -0.15) is 4.98 Å². The highest BCUT2D eigenvalue weighted by atomic mass is 35.5. The number of carbonyl (C=O) groups is 1. The SMILES string of the molecule is CC(C)Oc1ccc(-c2nc(-c3cccc4c3CCN4CC(=O)O)no2)cc1Cl. The fourth-order valence-electron chi connectivity index (χ4n) is 3.47. The van der Waals surface area contributed by atoms with E-state index in [1.807, 2.05) is 43.0 Å². The van der Waals surface area contributed by atoms with Gasteiger partial charge in [0.2, 0.25) is 5.82 Å². The van der Waals surface area contributed by atoms with Gasteiger partial charge >= 0.3 is 5.97 Å². The Morgan fingerprint density at radius 3 is 2.90 bits per heavy atom. The molecule has 0 atom stereocenters. The predicted molar refractivity (Wildman–Crippen MR) is 109 cm³/mol. The lowest BCUT2D eigenvalue weighted by molar-refractivity contribution is -0.135. The van der Waals surface area contributed by atoms with E-state index < -0.39 is 5.97 Å². The molecule has 0 unspecified atom stereocenters. The molecule has 8 heteroatoms. The Morgan fingerprint density at radius 1 is 1.34 bits per heavy atom. The summed E-state index contributed by atoms with van der Waals surface area (Å²) in [7, 11) is 0.